The van der Waals surface area contributed by atoms with Gasteiger partial charge in [-0.3, -0.25) is 0 Å². The minimum atomic E-state index is 0.917. The average Bonchev–Trinajstić information content (AvgIpc) is 2.52. The Kier molecular flexibility index (Phi) is 6.64. The minimum absolute atomic E-state index is 0.917. The molecule has 1 aromatic carbocycles. The highest BCUT2D eigenvalue weighted by Crippen LogP contribution is 2.20. The van der Waals surface area contributed by atoms with E-state index in [9.17, 15) is 0 Å². The van der Waals surface area contributed by atoms with Crippen molar-refractivity contribution in [2.24, 2.45) is 0 Å². The van der Waals surface area contributed by atoms with Crippen LogP contribution in [0.5, 0.6) is 0 Å². The summed E-state index contributed by atoms with van der Waals surface area (Å²) in [5.41, 5.74) is 2.71. The van der Waals surface area contributed by atoms with E-state index in [0.717, 1.165) is 37.8 Å². The largest absolute Gasteiger partial charge is 0.368 e. The summed E-state index contributed by atoms with van der Waals surface area (Å²) in [5, 5.41) is 4.30. The number of benzene rings is 1. The van der Waals surface area contributed by atoms with Gasteiger partial charge in [-0.15, -0.1) is 0 Å². The van der Waals surface area contributed by atoms with Crippen LogP contribution in [0, 0.1) is 6.92 Å². The summed E-state index contributed by atoms with van der Waals surface area (Å²) < 4.78 is 0. The molecule has 1 fully saturated rings. The van der Waals surface area contributed by atoms with Crippen molar-refractivity contribution in [1.82, 2.24) is 10.2 Å². The summed E-state index contributed by atoms with van der Waals surface area (Å²) in [6.07, 6.45) is 3.31. The number of anilines is 1. The van der Waals surface area contributed by atoms with Crippen molar-refractivity contribution in [3.63, 3.8) is 0 Å². The fourth-order valence-electron chi connectivity index (χ4n) is 2.59. The molecule has 1 aromatic rings. The molecule has 1 heterocycles. The molecule has 21 heavy (non-hydrogen) atoms. The predicted molar refractivity (Wildman–Crippen MR) is 98.6 cm³/mol. The lowest BCUT2D eigenvalue weighted by atomic mass is 10.1. The van der Waals surface area contributed by atoms with Crippen LogP contribution in [0.25, 0.3) is 0 Å². The average molecular weight is 324 g/mol. The number of para-hydroxylation sites is 1. The molecule has 0 radical (unpaired) electrons. The molecule has 5 heteroatoms. The number of hydrogen-bond donors (Lipinski definition) is 1. The van der Waals surface area contributed by atoms with Crippen LogP contribution in [0.2, 0.25) is 0 Å². The summed E-state index contributed by atoms with van der Waals surface area (Å²) in [7, 11) is 0. The van der Waals surface area contributed by atoms with Gasteiger partial charge in [-0.1, -0.05) is 18.2 Å². The van der Waals surface area contributed by atoms with Crippen LogP contribution in [0.3, 0.4) is 0 Å². The van der Waals surface area contributed by atoms with Gasteiger partial charge in [0.25, 0.3) is 0 Å². The fourth-order valence-corrected chi connectivity index (χ4v) is 3.31. The molecule has 0 aromatic heterocycles. The third kappa shape index (κ3) is 4.78. The molecule has 0 aliphatic carbocycles. The number of nitrogens with one attached hydrogen (secondary N) is 1. The molecule has 0 atom stereocenters. The molecule has 2 rings (SSSR count). The first kappa shape index (κ1) is 16.4. The molecule has 1 aliphatic rings. The smallest absolute Gasteiger partial charge is 0.169 e. The van der Waals surface area contributed by atoms with E-state index >= 15 is 0 Å². The summed E-state index contributed by atoms with van der Waals surface area (Å²) in [4.78, 5) is 4.76. The molecular formula is C16H25N3S2. The summed E-state index contributed by atoms with van der Waals surface area (Å²) >= 11 is 7.38. The van der Waals surface area contributed by atoms with Crippen LogP contribution in [-0.2, 0) is 0 Å². The van der Waals surface area contributed by atoms with Gasteiger partial charge >= 0.3 is 0 Å². The number of hydrogen-bond acceptors (Lipinski definition) is 3. The molecule has 0 unspecified atom stereocenters. The van der Waals surface area contributed by atoms with Gasteiger partial charge in [0.1, 0.15) is 0 Å². The van der Waals surface area contributed by atoms with Crippen molar-refractivity contribution in [2.45, 2.75) is 13.3 Å². The minimum Gasteiger partial charge on any atom is -0.368 e. The summed E-state index contributed by atoms with van der Waals surface area (Å²) in [6, 6.07) is 8.61. The van der Waals surface area contributed by atoms with E-state index in [1.807, 2.05) is 11.8 Å². The highest BCUT2D eigenvalue weighted by atomic mass is 32.2. The first-order chi connectivity index (χ1) is 10.2. The number of piperazine rings is 1. The second kappa shape index (κ2) is 8.49. The van der Waals surface area contributed by atoms with Crippen LogP contribution in [0.1, 0.15) is 12.0 Å². The Hall–Kier alpha value is -0.940. The third-order valence-corrected chi connectivity index (χ3v) is 4.92. The summed E-state index contributed by atoms with van der Waals surface area (Å²) in [5.74, 6) is 1.19. The van der Waals surface area contributed by atoms with Crippen LogP contribution in [0.15, 0.2) is 24.3 Å². The van der Waals surface area contributed by atoms with E-state index < -0.39 is 0 Å². The molecule has 0 spiro atoms. The molecule has 0 bridgehead atoms. The SMILES string of the molecule is CSCCCNC(=S)N1CCN(c2ccccc2C)CC1. The van der Waals surface area contributed by atoms with Gasteiger partial charge < -0.3 is 15.1 Å². The first-order valence-corrected chi connectivity index (χ1v) is 9.35. The fraction of sp³-hybridized carbons (Fsp3) is 0.562. The predicted octanol–water partition coefficient (Wildman–Crippen LogP) is 2.74. The first-order valence-electron chi connectivity index (χ1n) is 7.54. The molecule has 1 aliphatic heterocycles. The van der Waals surface area contributed by atoms with Crippen LogP contribution < -0.4 is 10.2 Å². The molecule has 116 valence electrons. The molecule has 3 nitrogen and oxygen atoms in total. The number of thioether (sulfide) groups is 1. The summed E-state index contributed by atoms with van der Waals surface area (Å²) in [6.45, 7) is 7.25. The van der Waals surface area contributed by atoms with E-state index in [1.54, 1.807) is 0 Å². The van der Waals surface area contributed by atoms with Gasteiger partial charge in [-0.2, -0.15) is 11.8 Å². The maximum Gasteiger partial charge on any atom is 0.169 e. The van der Waals surface area contributed by atoms with E-state index in [0.29, 0.717) is 0 Å². The van der Waals surface area contributed by atoms with Crippen LogP contribution in [0.4, 0.5) is 5.69 Å². The van der Waals surface area contributed by atoms with Crippen molar-refractivity contribution in [1.29, 1.82) is 0 Å². The Balaban J connectivity index is 1.78. The van der Waals surface area contributed by atoms with Crippen molar-refractivity contribution < 1.29 is 0 Å². The third-order valence-electron chi connectivity index (χ3n) is 3.82. The lowest BCUT2D eigenvalue weighted by molar-refractivity contribution is 0.380. The van der Waals surface area contributed by atoms with Gasteiger partial charge in [-0.05, 0) is 49.2 Å². The number of nitrogens with zero attached hydrogens (tertiary/aromatic N) is 2. The van der Waals surface area contributed by atoms with Crippen molar-refractivity contribution in [3.05, 3.63) is 29.8 Å². The van der Waals surface area contributed by atoms with E-state index in [2.05, 4.69) is 52.6 Å². The standard InChI is InChI=1S/C16H25N3S2/c1-14-6-3-4-7-15(14)18-9-11-19(12-10-18)16(20)17-8-5-13-21-2/h3-4,6-7H,5,8-13H2,1-2H3,(H,17,20). The van der Waals surface area contributed by atoms with Crippen molar-refractivity contribution in [3.8, 4) is 0 Å². The molecule has 0 amide bonds. The zero-order chi connectivity index (χ0) is 15.1. The van der Waals surface area contributed by atoms with E-state index in [4.69, 9.17) is 12.2 Å². The van der Waals surface area contributed by atoms with Gasteiger partial charge in [-0.25, -0.2) is 0 Å². The van der Waals surface area contributed by atoms with E-state index in [-0.39, 0.29) is 0 Å². The highest BCUT2D eigenvalue weighted by Gasteiger charge is 2.19. The second-order valence-corrected chi connectivity index (χ2v) is 6.71. The molecule has 1 N–H and O–H groups in total. The number of rotatable bonds is 5. The topological polar surface area (TPSA) is 18.5 Å². The normalized spacial score (nSPS) is 15.1. The maximum atomic E-state index is 5.49. The van der Waals surface area contributed by atoms with Crippen molar-refractivity contribution >= 4 is 34.8 Å². The zero-order valence-corrected chi connectivity index (χ0v) is 14.6. The molecule has 0 saturated carbocycles. The number of thiocarbonyl (C=S) groups is 1. The quantitative estimate of drug-likeness (QED) is 0.661. The maximum absolute atomic E-state index is 5.49. The lowest BCUT2D eigenvalue weighted by Crippen LogP contribution is -2.52. The zero-order valence-electron chi connectivity index (χ0n) is 13.0. The van der Waals surface area contributed by atoms with E-state index in [1.165, 1.54) is 23.4 Å². The molecule has 1 saturated heterocycles. The second-order valence-electron chi connectivity index (χ2n) is 5.34. The van der Waals surface area contributed by atoms with Crippen LogP contribution in [-0.4, -0.2) is 54.7 Å². The Labute approximate surface area is 138 Å². The Morgan fingerprint density at radius 3 is 2.62 bits per heavy atom. The molecular weight excluding hydrogens is 298 g/mol. The van der Waals surface area contributed by atoms with Gasteiger partial charge in [0.15, 0.2) is 5.11 Å². The Morgan fingerprint density at radius 2 is 1.95 bits per heavy atom. The highest BCUT2D eigenvalue weighted by molar-refractivity contribution is 7.98. The van der Waals surface area contributed by atoms with Gasteiger partial charge in [0.05, 0.1) is 0 Å². The number of aryl methyl sites for hydroxylation is 1. The van der Waals surface area contributed by atoms with Gasteiger partial charge in [0, 0.05) is 38.4 Å². The van der Waals surface area contributed by atoms with Gasteiger partial charge in [0.2, 0.25) is 0 Å². The lowest BCUT2D eigenvalue weighted by Gasteiger charge is -2.38. The Morgan fingerprint density at radius 1 is 1.24 bits per heavy atom. The Bertz CT molecular complexity index is 457. The van der Waals surface area contributed by atoms with Crippen molar-refractivity contribution in [2.75, 3.05) is 49.6 Å². The monoisotopic (exact) mass is 323 g/mol. The van der Waals surface area contributed by atoms with Crippen LogP contribution >= 0.6 is 24.0 Å².